The number of hydrogen-bond donors (Lipinski definition) is 3. The molecule has 3 N–H and O–H groups in total. The number of carbonyl (C=O) groups is 1. The quantitative estimate of drug-likeness (QED) is 0.674. The number of aliphatic carboxylic acids is 1. The van der Waals surface area contributed by atoms with Gasteiger partial charge >= 0.3 is 13.6 Å². The van der Waals surface area contributed by atoms with Crippen LogP contribution in [0.25, 0.3) is 0 Å². The summed E-state index contributed by atoms with van der Waals surface area (Å²) in [5.74, 6) is -2.24. The number of carboxylic acid groups (broad SMARTS) is 1. The lowest BCUT2D eigenvalue weighted by Gasteiger charge is -2.13. The summed E-state index contributed by atoms with van der Waals surface area (Å²) < 4.78 is 10.8. The van der Waals surface area contributed by atoms with Crippen molar-refractivity contribution in [2.75, 3.05) is 6.16 Å². The first-order valence-electron chi connectivity index (χ1n) is 4.70. The van der Waals surface area contributed by atoms with Crippen LogP contribution in [0.3, 0.4) is 0 Å². The zero-order valence-corrected chi connectivity index (χ0v) is 9.38. The SMILES string of the molecule is O=C(O)[C@H](Cc1ccccc1)CP(=O)(O)O. The third-order valence-electron chi connectivity index (χ3n) is 2.13. The van der Waals surface area contributed by atoms with E-state index in [0.717, 1.165) is 5.56 Å². The van der Waals surface area contributed by atoms with Crippen LogP contribution in [0.1, 0.15) is 5.56 Å². The van der Waals surface area contributed by atoms with Crippen LogP contribution in [0, 0.1) is 5.92 Å². The van der Waals surface area contributed by atoms with E-state index in [1.807, 2.05) is 0 Å². The summed E-state index contributed by atoms with van der Waals surface area (Å²) in [7, 11) is -4.29. The molecule has 0 aliphatic carbocycles. The number of carboxylic acids is 1. The predicted molar refractivity (Wildman–Crippen MR) is 58.2 cm³/mol. The molecule has 1 aromatic carbocycles. The molecule has 0 aromatic heterocycles. The molecule has 6 heteroatoms. The Bertz CT molecular complexity index is 397. The van der Waals surface area contributed by atoms with Crippen molar-refractivity contribution in [3.05, 3.63) is 35.9 Å². The molecule has 0 aliphatic heterocycles. The molecule has 0 heterocycles. The second kappa shape index (κ2) is 5.25. The Labute approximate surface area is 92.9 Å². The van der Waals surface area contributed by atoms with E-state index >= 15 is 0 Å². The summed E-state index contributed by atoms with van der Waals surface area (Å²) in [4.78, 5) is 28.4. The summed E-state index contributed by atoms with van der Waals surface area (Å²) in [5.41, 5.74) is 0.753. The smallest absolute Gasteiger partial charge is 0.326 e. The second-order valence-corrected chi connectivity index (χ2v) is 5.27. The summed E-state index contributed by atoms with van der Waals surface area (Å²) in [6.45, 7) is 0. The van der Waals surface area contributed by atoms with E-state index in [1.165, 1.54) is 0 Å². The van der Waals surface area contributed by atoms with E-state index < -0.39 is 25.6 Å². The average molecular weight is 244 g/mol. The van der Waals surface area contributed by atoms with Gasteiger partial charge in [-0.15, -0.1) is 0 Å². The molecule has 16 heavy (non-hydrogen) atoms. The van der Waals surface area contributed by atoms with Gasteiger partial charge in [0.15, 0.2) is 0 Å². The number of benzene rings is 1. The van der Waals surface area contributed by atoms with Crippen molar-refractivity contribution in [1.82, 2.24) is 0 Å². The van der Waals surface area contributed by atoms with Crippen LogP contribution < -0.4 is 0 Å². The Morgan fingerprint density at radius 3 is 2.25 bits per heavy atom. The van der Waals surface area contributed by atoms with E-state index in [9.17, 15) is 9.36 Å². The molecule has 5 nitrogen and oxygen atoms in total. The van der Waals surface area contributed by atoms with Crippen molar-refractivity contribution in [3.63, 3.8) is 0 Å². The summed E-state index contributed by atoms with van der Waals surface area (Å²) >= 11 is 0. The summed E-state index contributed by atoms with van der Waals surface area (Å²) in [5, 5.41) is 8.85. The van der Waals surface area contributed by atoms with Gasteiger partial charge in [0.05, 0.1) is 12.1 Å². The highest BCUT2D eigenvalue weighted by atomic mass is 31.2. The monoisotopic (exact) mass is 244 g/mol. The van der Waals surface area contributed by atoms with E-state index in [0.29, 0.717) is 0 Å². The fraction of sp³-hybridized carbons (Fsp3) is 0.300. The van der Waals surface area contributed by atoms with Crippen molar-refractivity contribution in [2.45, 2.75) is 6.42 Å². The lowest BCUT2D eigenvalue weighted by molar-refractivity contribution is -0.141. The molecule has 0 amide bonds. The van der Waals surface area contributed by atoms with Gasteiger partial charge in [0, 0.05) is 0 Å². The topological polar surface area (TPSA) is 94.8 Å². The molecular weight excluding hydrogens is 231 g/mol. The minimum atomic E-state index is -4.29. The van der Waals surface area contributed by atoms with E-state index in [-0.39, 0.29) is 6.42 Å². The minimum Gasteiger partial charge on any atom is -0.481 e. The Hall–Kier alpha value is -1.16. The highest BCUT2D eigenvalue weighted by molar-refractivity contribution is 7.51. The maximum atomic E-state index is 10.8. The molecular formula is C10H13O5P. The number of rotatable bonds is 5. The van der Waals surface area contributed by atoms with Gasteiger partial charge in [-0.1, -0.05) is 30.3 Å². The third kappa shape index (κ3) is 4.57. The molecule has 1 atom stereocenters. The summed E-state index contributed by atoms with van der Waals surface area (Å²) in [6.07, 6.45) is -0.501. The van der Waals surface area contributed by atoms with Gasteiger partial charge in [-0.25, -0.2) is 0 Å². The van der Waals surface area contributed by atoms with Crippen LogP contribution in [0.2, 0.25) is 0 Å². The fourth-order valence-corrected chi connectivity index (χ4v) is 2.28. The fourth-order valence-electron chi connectivity index (χ4n) is 1.42. The molecule has 0 spiro atoms. The normalized spacial score (nSPS) is 13.4. The molecule has 0 unspecified atom stereocenters. The van der Waals surface area contributed by atoms with E-state index in [1.54, 1.807) is 30.3 Å². The van der Waals surface area contributed by atoms with E-state index in [4.69, 9.17) is 14.9 Å². The molecule has 0 saturated carbocycles. The van der Waals surface area contributed by atoms with Crippen molar-refractivity contribution in [1.29, 1.82) is 0 Å². The highest BCUT2D eigenvalue weighted by Gasteiger charge is 2.27. The lowest BCUT2D eigenvalue weighted by atomic mass is 10.0. The molecule has 0 fully saturated rings. The first-order valence-corrected chi connectivity index (χ1v) is 6.49. The molecule has 1 aromatic rings. The van der Waals surface area contributed by atoms with Crippen LogP contribution in [0.5, 0.6) is 0 Å². The van der Waals surface area contributed by atoms with Crippen LogP contribution >= 0.6 is 7.60 Å². The molecule has 88 valence electrons. The van der Waals surface area contributed by atoms with Gasteiger partial charge in [0.1, 0.15) is 0 Å². The Morgan fingerprint density at radius 1 is 1.25 bits per heavy atom. The van der Waals surface area contributed by atoms with Gasteiger partial charge in [-0.2, -0.15) is 0 Å². The molecule has 0 radical (unpaired) electrons. The second-order valence-electron chi connectivity index (χ2n) is 3.57. The first kappa shape index (κ1) is 12.9. The van der Waals surface area contributed by atoms with Crippen molar-refractivity contribution >= 4 is 13.6 Å². The lowest BCUT2D eigenvalue weighted by Crippen LogP contribution is -2.20. The molecule has 0 aliphatic rings. The van der Waals surface area contributed by atoms with Gasteiger partial charge in [-0.05, 0) is 12.0 Å². The van der Waals surface area contributed by atoms with Gasteiger partial charge < -0.3 is 14.9 Å². The standard InChI is InChI=1S/C10H13O5P/c11-10(12)9(7-16(13,14)15)6-8-4-2-1-3-5-8/h1-5,9H,6-7H2,(H,11,12)(H2,13,14,15)/t9-/m1/s1. The highest BCUT2D eigenvalue weighted by Crippen LogP contribution is 2.37. The number of hydrogen-bond acceptors (Lipinski definition) is 2. The molecule has 0 bridgehead atoms. The molecule has 1 rings (SSSR count). The zero-order valence-electron chi connectivity index (χ0n) is 8.48. The van der Waals surface area contributed by atoms with E-state index in [2.05, 4.69) is 0 Å². The largest absolute Gasteiger partial charge is 0.481 e. The van der Waals surface area contributed by atoms with Crippen LogP contribution in [-0.2, 0) is 15.8 Å². The Kier molecular flexibility index (Phi) is 4.24. The Balaban J connectivity index is 2.73. The zero-order chi connectivity index (χ0) is 12.2. The first-order chi connectivity index (χ1) is 7.38. The summed E-state index contributed by atoms with van der Waals surface area (Å²) in [6, 6.07) is 8.77. The minimum absolute atomic E-state index is 0.126. The Morgan fingerprint density at radius 2 is 1.81 bits per heavy atom. The van der Waals surface area contributed by atoms with Crippen molar-refractivity contribution in [3.8, 4) is 0 Å². The third-order valence-corrected chi connectivity index (χ3v) is 3.05. The van der Waals surface area contributed by atoms with Crippen molar-refractivity contribution in [2.24, 2.45) is 5.92 Å². The van der Waals surface area contributed by atoms with Crippen molar-refractivity contribution < 1.29 is 24.3 Å². The maximum Gasteiger partial charge on any atom is 0.326 e. The average Bonchev–Trinajstić information content (AvgIpc) is 2.16. The predicted octanol–water partition coefficient (Wildman–Crippen LogP) is 1.11. The van der Waals surface area contributed by atoms with Gasteiger partial charge in [0.25, 0.3) is 0 Å². The van der Waals surface area contributed by atoms with Crippen LogP contribution in [0.4, 0.5) is 0 Å². The maximum absolute atomic E-state index is 10.8. The molecule has 0 saturated heterocycles. The van der Waals surface area contributed by atoms with Crippen LogP contribution in [-0.4, -0.2) is 27.0 Å². The van der Waals surface area contributed by atoms with Crippen LogP contribution in [0.15, 0.2) is 30.3 Å². The van der Waals surface area contributed by atoms with Gasteiger partial charge in [0.2, 0.25) is 0 Å². The van der Waals surface area contributed by atoms with Gasteiger partial charge in [-0.3, -0.25) is 9.36 Å².